The summed E-state index contributed by atoms with van der Waals surface area (Å²) in [5.41, 5.74) is 0.503. The lowest BCUT2D eigenvalue weighted by Crippen LogP contribution is -2.34. The van der Waals surface area contributed by atoms with Gasteiger partial charge in [0, 0.05) is 17.1 Å². The lowest BCUT2D eigenvalue weighted by atomic mass is 10.2. The third-order valence-corrected chi connectivity index (χ3v) is 4.82. The second kappa shape index (κ2) is 6.03. The molecule has 0 saturated carbocycles. The highest BCUT2D eigenvalue weighted by molar-refractivity contribution is 7.10. The average Bonchev–Trinajstić information content (AvgIpc) is 3.12. The predicted octanol–water partition coefficient (Wildman–Crippen LogP) is 4.91. The molecule has 1 fully saturated rings. The van der Waals surface area contributed by atoms with E-state index in [9.17, 15) is 9.18 Å². The maximum atomic E-state index is 13.1. The van der Waals surface area contributed by atoms with Gasteiger partial charge in [0.05, 0.1) is 11.1 Å². The van der Waals surface area contributed by atoms with Crippen molar-refractivity contribution in [1.29, 1.82) is 0 Å². The minimum Gasteiger partial charge on any atom is -0.317 e. The van der Waals surface area contributed by atoms with E-state index >= 15 is 0 Å². The summed E-state index contributed by atoms with van der Waals surface area (Å²) in [5.74, 6) is -0.493. The van der Waals surface area contributed by atoms with Crippen molar-refractivity contribution in [2.24, 2.45) is 0 Å². The zero-order chi connectivity index (χ0) is 14.8. The van der Waals surface area contributed by atoms with Crippen molar-refractivity contribution < 1.29 is 9.18 Å². The highest BCUT2D eigenvalue weighted by Crippen LogP contribution is 2.34. The molecular weight excluding hydrogens is 311 g/mol. The van der Waals surface area contributed by atoms with E-state index in [1.54, 1.807) is 11.3 Å². The lowest BCUT2D eigenvalue weighted by molar-refractivity contribution is 0.208. The Hall–Kier alpha value is -1.59. The molecule has 2 heterocycles. The summed E-state index contributed by atoms with van der Waals surface area (Å²) >= 11 is 7.39. The van der Waals surface area contributed by atoms with Gasteiger partial charge in [-0.25, -0.2) is 9.18 Å². The number of halogens is 2. The Morgan fingerprint density at radius 3 is 3.00 bits per heavy atom. The summed E-state index contributed by atoms with van der Waals surface area (Å²) in [6.07, 6.45) is 1.96. The van der Waals surface area contributed by atoms with E-state index in [-0.39, 0.29) is 17.1 Å². The summed E-state index contributed by atoms with van der Waals surface area (Å²) in [7, 11) is 0. The molecule has 1 N–H and O–H groups in total. The van der Waals surface area contributed by atoms with Gasteiger partial charge in [0.2, 0.25) is 0 Å². The topological polar surface area (TPSA) is 32.3 Å². The SMILES string of the molecule is O=C(Nc1ccc(F)c(Cl)c1)N1CCC[C@@H]1c1cccs1. The summed E-state index contributed by atoms with van der Waals surface area (Å²) in [5, 5.41) is 4.81. The Labute approximate surface area is 131 Å². The normalized spacial score (nSPS) is 18.0. The molecule has 0 unspecified atom stereocenters. The molecule has 1 aliphatic heterocycles. The van der Waals surface area contributed by atoms with Crippen LogP contribution in [0.5, 0.6) is 0 Å². The first-order valence-electron chi connectivity index (χ1n) is 6.71. The third-order valence-electron chi connectivity index (χ3n) is 3.56. The molecule has 2 amide bonds. The highest BCUT2D eigenvalue weighted by atomic mass is 35.5. The minimum atomic E-state index is -0.493. The second-order valence-corrected chi connectivity index (χ2v) is 6.31. The fourth-order valence-corrected chi connectivity index (χ4v) is 3.61. The van der Waals surface area contributed by atoms with E-state index in [1.807, 2.05) is 16.3 Å². The Morgan fingerprint density at radius 1 is 1.43 bits per heavy atom. The summed E-state index contributed by atoms with van der Waals surface area (Å²) in [6.45, 7) is 0.726. The molecule has 110 valence electrons. The van der Waals surface area contributed by atoms with Crippen molar-refractivity contribution >= 4 is 34.7 Å². The van der Waals surface area contributed by atoms with Crippen LogP contribution < -0.4 is 5.32 Å². The second-order valence-electron chi connectivity index (χ2n) is 4.93. The van der Waals surface area contributed by atoms with Gasteiger partial charge in [-0.15, -0.1) is 11.3 Å². The number of thiophene rings is 1. The average molecular weight is 325 g/mol. The van der Waals surface area contributed by atoms with Gasteiger partial charge >= 0.3 is 6.03 Å². The van der Waals surface area contributed by atoms with Gasteiger partial charge in [0.25, 0.3) is 0 Å². The number of amides is 2. The van der Waals surface area contributed by atoms with Gasteiger partial charge in [0.1, 0.15) is 5.82 Å². The molecule has 3 rings (SSSR count). The van der Waals surface area contributed by atoms with Gasteiger partial charge < -0.3 is 10.2 Å². The molecule has 0 bridgehead atoms. The van der Waals surface area contributed by atoms with Crippen molar-refractivity contribution in [3.05, 3.63) is 51.4 Å². The van der Waals surface area contributed by atoms with Crippen molar-refractivity contribution in [2.45, 2.75) is 18.9 Å². The first-order valence-corrected chi connectivity index (χ1v) is 7.97. The summed E-state index contributed by atoms with van der Waals surface area (Å²) in [6, 6.07) is 8.18. The van der Waals surface area contributed by atoms with Gasteiger partial charge in [-0.2, -0.15) is 0 Å². The van der Waals surface area contributed by atoms with E-state index in [0.717, 1.165) is 19.4 Å². The fourth-order valence-electron chi connectivity index (χ4n) is 2.56. The van der Waals surface area contributed by atoms with E-state index in [4.69, 9.17) is 11.6 Å². The monoisotopic (exact) mass is 324 g/mol. The Kier molecular flexibility index (Phi) is 4.12. The molecule has 1 aromatic heterocycles. The van der Waals surface area contributed by atoms with Crippen molar-refractivity contribution in [1.82, 2.24) is 4.90 Å². The Morgan fingerprint density at radius 2 is 2.29 bits per heavy atom. The molecular formula is C15H14ClFN2OS. The first kappa shape index (κ1) is 14.4. The quantitative estimate of drug-likeness (QED) is 0.836. The number of benzene rings is 1. The van der Waals surface area contributed by atoms with Gasteiger partial charge in [-0.3, -0.25) is 0 Å². The van der Waals surface area contributed by atoms with Crippen molar-refractivity contribution in [2.75, 3.05) is 11.9 Å². The van der Waals surface area contributed by atoms with Crippen LogP contribution in [-0.2, 0) is 0 Å². The summed E-state index contributed by atoms with van der Waals surface area (Å²) in [4.78, 5) is 15.4. The van der Waals surface area contributed by atoms with Crippen LogP contribution in [0.1, 0.15) is 23.8 Å². The number of anilines is 1. The van der Waals surface area contributed by atoms with Gasteiger partial charge in [0.15, 0.2) is 0 Å². The number of hydrogen-bond acceptors (Lipinski definition) is 2. The van der Waals surface area contributed by atoms with E-state index in [2.05, 4.69) is 11.4 Å². The Bertz CT molecular complexity index is 647. The van der Waals surface area contributed by atoms with Crippen molar-refractivity contribution in [3.8, 4) is 0 Å². The molecule has 3 nitrogen and oxygen atoms in total. The number of rotatable bonds is 2. The molecule has 1 aromatic carbocycles. The van der Waals surface area contributed by atoms with Gasteiger partial charge in [-0.05, 0) is 42.5 Å². The molecule has 0 radical (unpaired) electrons. The van der Waals surface area contributed by atoms with Gasteiger partial charge in [-0.1, -0.05) is 17.7 Å². The maximum Gasteiger partial charge on any atom is 0.322 e. The number of nitrogens with one attached hydrogen (secondary N) is 1. The zero-order valence-electron chi connectivity index (χ0n) is 11.2. The van der Waals surface area contributed by atoms with Crippen LogP contribution in [0.2, 0.25) is 5.02 Å². The van der Waals surface area contributed by atoms with Crippen LogP contribution in [0.25, 0.3) is 0 Å². The number of urea groups is 1. The zero-order valence-corrected chi connectivity index (χ0v) is 12.8. The Balaban J connectivity index is 1.73. The third kappa shape index (κ3) is 3.04. The molecule has 0 aliphatic carbocycles. The molecule has 6 heteroatoms. The number of carbonyl (C=O) groups excluding carboxylic acids is 1. The van der Waals surface area contributed by atoms with E-state index in [1.165, 1.54) is 23.1 Å². The van der Waals surface area contributed by atoms with E-state index in [0.29, 0.717) is 5.69 Å². The fraction of sp³-hybridized carbons (Fsp3) is 0.267. The van der Waals surface area contributed by atoms with Crippen LogP contribution in [-0.4, -0.2) is 17.5 Å². The van der Waals surface area contributed by atoms with Crippen LogP contribution in [0.15, 0.2) is 35.7 Å². The standard InChI is InChI=1S/C15H14ClFN2OS/c16-11-9-10(5-6-12(11)17)18-15(20)19-7-1-3-13(19)14-4-2-8-21-14/h2,4-6,8-9,13H,1,3,7H2,(H,18,20)/t13-/m1/s1. The largest absolute Gasteiger partial charge is 0.322 e. The number of hydrogen-bond donors (Lipinski definition) is 1. The van der Waals surface area contributed by atoms with Crippen molar-refractivity contribution in [3.63, 3.8) is 0 Å². The highest BCUT2D eigenvalue weighted by Gasteiger charge is 2.30. The first-order chi connectivity index (χ1) is 10.1. The number of carbonyl (C=O) groups is 1. The van der Waals surface area contributed by atoms with Crippen LogP contribution >= 0.6 is 22.9 Å². The lowest BCUT2D eigenvalue weighted by Gasteiger charge is -2.24. The van der Waals surface area contributed by atoms with Crippen LogP contribution in [0, 0.1) is 5.82 Å². The molecule has 0 spiro atoms. The molecule has 2 aromatic rings. The molecule has 1 saturated heterocycles. The predicted molar refractivity (Wildman–Crippen MR) is 83.4 cm³/mol. The van der Waals surface area contributed by atoms with Crippen LogP contribution in [0.3, 0.4) is 0 Å². The maximum absolute atomic E-state index is 13.1. The molecule has 21 heavy (non-hydrogen) atoms. The number of nitrogens with zero attached hydrogens (tertiary/aromatic N) is 1. The van der Waals surface area contributed by atoms with E-state index < -0.39 is 5.82 Å². The smallest absolute Gasteiger partial charge is 0.317 e. The van der Waals surface area contributed by atoms with Crippen LogP contribution in [0.4, 0.5) is 14.9 Å². The molecule has 1 aliphatic rings. The summed E-state index contributed by atoms with van der Waals surface area (Å²) < 4.78 is 13.1. The molecule has 1 atom stereocenters. The number of likely N-dealkylation sites (tertiary alicyclic amines) is 1. The minimum absolute atomic E-state index is 0.00373.